The molecule has 9 heteroatoms. The zero-order valence-corrected chi connectivity index (χ0v) is 19.3. The van der Waals surface area contributed by atoms with Crippen molar-refractivity contribution >= 4 is 27.5 Å². The first kappa shape index (κ1) is 22.6. The van der Waals surface area contributed by atoms with Gasteiger partial charge in [0.25, 0.3) is 0 Å². The molecular formula is C21H28N4O3S2. The molecule has 1 aromatic heterocycles. The van der Waals surface area contributed by atoms with Crippen LogP contribution in [0.25, 0.3) is 0 Å². The van der Waals surface area contributed by atoms with Crippen molar-refractivity contribution in [3.05, 3.63) is 53.4 Å². The van der Waals surface area contributed by atoms with Crippen molar-refractivity contribution in [2.45, 2.75) is 44.4 Å². The van der Waals surface area contributed by atoms with Crippen LogP contribution in [0, 0.1) is 13.8 Å². The third-order valence-corrected chi connectivity index (χ3v) is 8.03. The number of carbonyl (C=O) groups excluding carboxylic acids is 1. The van der Waals surface area contributed by atoms with Crippen molar-refractivity contribution in [3.8, 4) is 0 Å². The van der Waals surface area contributed by atoms with E-state index in [0.29, 0.717) is 30.5 Å². The number of carbonyl (C=O) groups is 1. The van der Waals surface area contributed by atoms with E-state index < -0.39 is 9.84 Å². The standard InChI is InChI=1S/C21H28N4O3S2/c1-5-9-25-20(18-8-10-30(27,28)14-18)22-23-21(25)29-13-19(26)24(4)12-17-7-6-15(2)11-16(17)3/h5-7,11,18H,1,8-10,12-14H2,2-4H3. The van der Waals surface area contributed by atoms with Gasteiger partial charge in [-0.2, -0.15) is 0 Å². The second-order valence-corrected chi connectivity index (χ2v) is 11.0. The molecule has 0 bridgehead atoms. The SMILES string of the molecule is C=CCn1c(SCC(=O)N(C)Cc2ccc(C)cc2C)nnc1C1CCS(=O)(=O)C1. The highest BCUT2D eigenvalue weighted by Crippen LogP contribution is 2.30. The van der Waals surface area contributed by atoms with E-state index in [0.717, 1.165) is 5.56 Å². The largest absolute Gasteiger partial charge is 0.341 e. The molecule has 2 aromatic rings. The Bertz CT molecular complexity index is 1050. The Morgan fingerprint density at radius 3 is 2.77 bits per heavy atom. The van der Waals surface area contributed by atoms with E-state index >= 15 is 0 Å². The summed E-state index contributed by atoms with van der Waals surface area (Å²) in [5.74, 6) is 1.03. The highest BCUT2D eigenvalue weighted by atomic mass is 32.2. The zero-order chi connectivity index (χ0) is 21.9. The van der Waals surface area contributed by atoms with E-state index in [4.69, 9.17) is 0 Å². The van der Waals surface area contributed by atoms with Gasteiger partial charge in [0.2, 0.25) is 5.91 Å². The molecule has 30 heavy (non-hydrogen) atoms. The van der Waals surface area contributed by atoms with Crippen LogP contribution in [0.2, 0.25) is 0 Å². The summed E-state index contributed by atoms with van der Waals surface area (Å²) < 4.78 is 25.6. The normalized spacial score (nSPS) is 17.8. The van der Waals surface area contributed by atoms with Gasteiger partial charge >= 0.3 is 0 Å². The molecule has 162 valence electrons. The van der Waals surface area contributed by atoms with Crippen molar-refractivity contribution < 1.29 is 13.2 Å². The van der Waals surface area contributed by atoms with Crippen LogP contribution in [0.3, 0.4) is 0 Å². The van der Waals surface area contributed by atoms with Gasteiger partial charge in [0, 0.05) is 26.1 Å². The van der Waals surface area contributed by atoms with Crippen LogP contribution >= 0.6 is 11.8 Å². The zero-order valence-electron chi connectivity index (χ0n) is 17.7. The van der Waals surface area contributed by atoms with E-state index in [1.807, 2.05) is 4.57 Å². The average Bonchev–Trinajstić information content (AvgIpc) is 3.24. The Kier molecular flexibility index (Phi) is 7.02. The molecule has 0 spiro atoms. The van der Waals surface area contributed by atoms with E-state index in [1.165, 1.54) is 22.9 Å². The van der Waals surface area contributed by atoms with Crippen LogP contribution in [-0.2, 0) is 27.7 Å². The molecule has 1 saturated heterocycles. The van der Waals surface area contributed by atoms with Gasteiger partial charge in [0.15, 0.2) is 15.0 Å². The van der Waals surface area contributed by atoms with Crippen LogP contribution in [0.4, 0.5) is 0 Å². The van der Waals surface area contributed by atoms with Crippen molar-refractivity contribution in [1.29, 1.82) is 0 Å². The maximum absolute atomic E-state index is 12.7. The highest BCUT2D eigenvalue weighted by molar-refractivity contribution is 7.99. The second-order valence-electron chi connectivity index (χ2n) is 7.81. The molecule has 2 heterocycles. The second kappa shape index (κ2) is 9.34. The fourth-order valence-electron chi connectivity index (χ4n) is 3.61. The first-order valence-corrected chi connectivity index (χ1v) is 12.7. The Hall–Kier alpha value is -2.13. The van der Waals surface area contributed by atoms with Gasteiger partial charge in [-0.05, 0) is 31.4 Å². The van der Waals surface area contributed by atoms with E-state index in [9.17, 15) is 13.2 Å². The Morgan fingerprint density at radius 1 is 1.37 bits per heavy atom. The van der Waals surface area contributed by atoms with Gasteiger partial charge in [-0.1, -0.05) is 41.6 Å². The molecule has 1 atom stereocenters. The fourth-order valence-corrected chi connectivity index (χ4v) is 6.25. The number of aryl methyl sites for hydroxylation is 2. The number of hydrogen-bond acceptors (Lipinski definition) is 6. The molecule has 0 N–H and O–H groups in total. The lowest BCUT2D eigenvalue weighted by Gasteiger charge is -2.19. The van der Waals surface area contributed by atoms with Gasteiger partial charge in [0.1, 0.15) is 5.82 Å². The molecule has 1 aromatic carbocycles. The minimum absolute atomic E-state index is 0.00174. The number of allylic oxidation sites excluding steroid dienone is 1. The van der Waals surface area contributed by atoms with Gasteiger partial charge in [-0.15, -0.1) is 16.8 Å². The average molecular weight is 449 g/mol. The summed E-state index contributed by atoms with van der Waals surface area (Å²) in [6.07, 6.45) is 2.29. The molecule has 3 rings (SSSR count). The Labute approximate surface area is 182 Å². The molecule has 1 aliphatic heterocycles. The minimum Gasteiger partial charge on any atom is -0.341 e. The Morgan fingerprint density at radius 2 is 2.13 bits per heavy atom. The summed E-state index contributed by atoms with van der Waals surface area (Å²) >= 11 is 1.32. The topological polar surface area (TPSA) is 85.2 Å². The predicted octanol–water partition coefficient (Wildman–Crippen LogP) is 2.73. The number of amides is 1. The van der Waals surface area contributed by atoms with Crippen molar-refractivity contribution in [3.63, 3.8) is 0 Å². The summed E-state index contributed by atoms with van der Waals surface area (Å²) in [5.41, 5.74) is 3.50. The first-order valence-electron chi connectivity index (χ1n) is 9.87. The summed E-state index contributed by atoms with van der Waals surface area (Å²) in [7, 11) is -1.22. The van der Waals surface area contributed by atoms with Crippen LogP contribution in [-0.4, -0.2) is 58.3 Å². The minimum atomic E-state index is -3.01. The third kappa shape index (κ3) is 5.31. The number of benzene rings is 1. The number of hydrogen-bond donors (Lipinski definition) is 0. The van der Waals surface area contributed by atoms with Gasteiger partial charge < -0.3 is 9.47 Å². The Balaban J connectivity index is 1.66. The first-order chi connectivity index (χ1) is 14.2. The summed E-state index contributed by atoms with van der Waals surface area (Å²) in [4.78, 5) is 14.4. The molecule has 1 unspecified atom stereocenters. The van der Waals surface area contributed by atoms with Gasteiger partial charge in [-0.25, -0.2) is 8.42 Å². The van der Waals surface area contributed by atoms with Crippen molar-refractivity contribution in [2.75, 3.05) is 24.3 Å². The number of aromatic nitrogens is 3. The lowest BCUT2D eigenvalue weighted by Crippen LogP contribution is -2.28. The van der Waals surface area contributed by atoms with E-state index in [1.54, 1.807) is 18.0 Å². The molecule has 1 amide bonds. The molecule has 1 fully saturated rings. The van der Waals surface area contributed by atoms with E-state index in [2.05, 4.69) is 48.8 Å². The lowest BCUT2D eigenvalue weighted by atomic mass is 10.1. The van der Waals surface area contributed by atoms with E-state index in [-0.39, 0.29) is 29.1 Å². The van der Waals surface area contributed by atoms with Crippen LogP contribution in [0.5, 0.6) is 0 Å². The molecule has 0 aliphatic carbocycles. The molecular weight excluding hydrogens is 420 g/mol. The maximum atomic E-state index is 12.7. The fraction of sp³-hybridized carbons (Fsp3) is 0.476. The van der Waals surface area contributed by atoms with Crippen LogP contribution < -0.4 is 0 Å². The van der Waals surface area contributed by atoms with Crippen molar-refractivity contribution in [2.24, 2.45) is 0 Å². The maximum Gasteiger partial charge on any atom is 0.233 e. The smallest absolute Gasteiger partial charge is 0.233 e. The van der Waals surface area contributed by atoms with Crippen LogP contribution in [0.15, 0.2) is 36.0 Å². The van der Waals surface area contributed by atoms with Gasteiger partial charge in [0.05, 0.1) is 17.3 Å². The summed E-state index contributed by atoms with van der Waals surface area (Å²) in [5, 5.41) is 9.09. The lowest BCUT2D eigenvalue weighted by molar-refractivity contribution is -0.127. The summed E-state index contributed by atoms with van der Waals surface area (Å²) in [6.45, 7) is 8.92. The molecule has 0 saturated carbocycles. The van der Waals surface area contributed by atoms with Crippen molar-refractivity contribution in [1.82, 2.24) is 19.7 Å². The van der Waals surface area contributed by atoms with Gasteiger partial charge in [-0.3, -0.25) is 4.79 Å². The number of sulfone groups is 1. The highest BCUT2D eigenvalue weighted by Gasteiger charge is 2.33. The number of nitrogens with zero attached hydrogens (tertiary/aromatic N) is 4. The molecule has 7 nitrogen and oxygen atoms in total. The molecule has 0 radical (unpaired) electrons. The molecule has 1 aliphatic rings. The quantitative estimate of drug-likeness (QED) is 0.456. The summed E-state index contributed by atoms with van der Waals surface area (Å²) in [6, 6.07) is 6.23. The third-order valence-electron chi connectivity index (χ3n) is 5.31. The number of thioether (sulfide) groups is 1. The monoisotopic (exact) mass is 448 g/mol. The van der Waals surface area contributed by atoms with Crippen LogP contribution in [0.1, 0.15) is 34.9 Å². The number of rotatable bonds is 8. The predicted molar refractivity (Wildman–Crippen MR) is 119 cm³/mol.